The third kappa shape index (κ3) is 3.76. The van der Waals surface area contributed by atoms with Gasteiger partial charge in [-0.3, -0.25) is 4.79 Å². The zero-order chi connectivity index (χ0) is 12.8. The molecule has 0 aliphatic carbocycles. The SMILES string of the molecule is COc1ccc(C(=O)NC[C@H](O)C(=O)O)cc1. The molecule has 6 heteroatoms. The average molecular weight is 239 g/mol. The van der Waals surface area contributed by atoms with E-state index in [1.165, 1.54) is 7.11 Å². The van der Waals surface area contributed by atoms with Gasteiger partial charge in [0.25, 0.3) is 5.91 Å². The molecule has 0 aliphatic rings. The lowest BCUT2D eigenvalue weighted by molar-refractivity contribution is -0.146. The quantitative estimate of drug-likeness (QED) is 0.665. The van der Waals surface area contributed by atoms with E-state index in [2.05, 4.69) is 5.32 Å². The number of methoxy groups -OCH3 is 1. The molecule has 0 heterocycles. The number of hydrogen-bond acceptors (Lipinski definition) is 4. The van der Waals surface area contributed by atoms with Crippen LogP contribution in [0, 0.1) is 0 Å². The van der Waals surface area contributed by atoms with Gasteiger partial charge >= 0.3 is 5.97 Å². The van der Waals surface area contributed by atoms with Gasteiger partial charge in [0, 0.05) is 5.56 Å². The molecular weight excluding hydrogens is 226 g/mol. The summed E-state index contributed by atoms with van der Waals surface area (Å²) in [6.07, 6.45) is -1.60. The number of aliphatic hydroxyl groups excluding tert-OH is 1. The number of hydrogen-bond donors (Lipinski definition) is 3. The van der Waals surface area contributed by atoms with E-state index in [1.54, 1.807) is 24.3 Å². The minimum Gasteiger partial charge on any atom is -0.497 e. The van der Waals surface area contributed by atoms with Crippen LogP contribution in [-0.2, 0) is 4.79 Å². The lowest BCUT2D eigenvalue weighted by Crippen LogP contribution is -2.36. The fourth-order valence-corrected chi connectivity index (χ4v) is 1.12. The van der Waals surface area contributed by atoms with Crippen LogP contribution in [0.25, 0.3) is 0 Å². The van der Waals surface area contributed by atoms with Gasteiger partial charge in [-0.15, -0.1) is 0 Å². The molecule has 0 spiro atoms. The number of carboxylic acids is 1. The van der Waals surface area contributed by atoms with Gasteiger partial charge in [-0.2, -0.15) is 0 Å². The standard InChI is InChI=1S/C11H13NO5/c1-17-8-4-2-7(3-5-8)10(14)12-6-9(13)11(15)16/h2-5,9,13H,6H2,1H3,(H,12,14)(H,15,16)/t9-/m0/s1. The largest absolute Gasteiger partial charge is 0.497 e. The van der Waals surface area contributed by atoms with Crippen LogP contribution in [-0.4, -0.2) is 41.8 Å². The molecule has 1 aromatic rings. The van der Waals surface area contributed by atoms with E-state index in [1.807, 2.05) is 0 Å². The van der Waals surface area contributed by atoms with E-state index in [-0.39, 0.29) is 6.54 Å². The maximum atomic E-state index is 11.5. The van der Waals surface area contributed by atoms with Crippen molar-refractivity contribution in [3.8, 4) is 5.75 Å². The molecule has 1 amide bonds. The molecule has 1 atom stereocenters. The molecule has 0 bridgehead atoms. The number of benzene rings is 1. The van der Waals surface area contributed by atoms with Gasteiger partial charge in [-0.05, 0) is 24.3 Å². The third-order valence-electron chi connectivity index (χ3n) is 2.09. The van der Waals surface area contributed by atoms with E-state index in [0.29, 0.717) is 11.3 Å². The first-order chi connectivity index (χ1) is 8.04. The van der Waals surface area contributed by atoms with E-state index in [0.717, 1.165) is 0 Å². The van der Waals surface area contributed by atoms with Crippen LogP contribution >= 0.6 is 0 Å². The van der Waals surface area contributed by atoms with Crippen molar-refractivity contribution in [3.05, 3.63) is 29.8 Å². The molecule has 0 fully saturated rings. The van der Waals surface area contributed by atoms with Crippen LogP contribution in [0.5, 0.6) is 5.75 Å². The number of carbonyl (C=O) groups excluding carboxylic acids is 1. The van der Waals surface area contributed by atoms with Crippen molar-refractivity contribution in [2.75, 3.05) is 13.7 Å². The summed E-state index contributed by atoms with van der Waals surface area (Å²) in [7, 11) is 1.51. The first kappa shape index (κ1) is 13.0. The van der Waals surface area contributed by atoms with Crippen LogP contribution in [0.2, 0.25) is 0 Å². The molecule has 3 N–H and O–H groups in total. The molecule has 0 radical (unpaired) electrons. The number of carboxylic acid groups (broad SMARTS) is 1. The second kappa shape index (κ2) is 5.86. The van der Waals surface area contributed by atoms with E-state index in [4.69, 9.17) is 14.9 Å². The zero-order valence-electron chi connectivity index (χ0n) is 9.21. The molecule has 6 nitrogen and oxygen atoms in total. The van der Waals surface area contributed by atoms with Crippen LogP contribution in [0.4, 0.5) is 0 Å². The van der Waals surface area contributed by atoms with Crippen molar-refractivity contribution < 1.29 is 24.5 Å². The smallest absolute Gasteiger partial charge is 0.334 e. The van der Waals surface area contributed by atoms with Crippen molar-refractivity contribution in [3.63, 3.8) is 0 Å². The molecule has 1 rings (SSSR count). The zero-order valence-corrected chi connectivity index (χ0v) is 9.21. The Morgan fingerprint density at radius 1 is 1.35 bits per heavy atom. The molecule has 92 valence electrons. The van der Waals surface area contributed by atoms with Crippen molar-refractivity contribution in [2.45, 2.75) is 6.10 Å². The molecular formula is C11H13NO5. The Morgan fingerprint density at radius 3 is 2.41 bits per heavy atom. The number of carbonyl (C=O) groups is 2. The maximum absolute atomic E-state index is 11.5. The van der Waals surface area contributed by atoms with Crippen molar-refractivity contribution in [2.24, 2.45) is 0 Å². The van der Waals surface area contributed by atoms with Gasteiger partial charge in [0.1, 0.15) is 5.75 Å². The highest BCUT2D eigenvalue weighted by Gasteiger charge is 2.14. The van der Waals surface area contributed by atoms with Gasteiger partial charge in [-0.25, -0.2) is 4.79 Å². The number of aliphatic carboxylic acids is 1. The predicted octanol–water partition coefficient (Wildman–Crippen LogP) is -0.130. The second-order valence-electron chi connectivity index (χ2n) is 3.29. The topological polar surface area (TPSA) is 95.9 Å². The Kier molecular flexibility index (Phi) is 4.47. The second-order valence-corrected chi connectivity index (χ2v) is 3.29. The fourth-order valence-electron chi connectivity index (χ4n) is 1.12. The Bertz CT molecular complexity index is 401. The monoisotopic (exact) mass is 239 g/mol. The van der Waals surface area contributed by atoms with Crippen molar-refractivity contribution >= 4 is 11.9 Å². The number of rotatable bonds is 5. The summed E-state index contributed by atoms with van der Waals surface area (Å²) < 4.78 is 4.93. The Labute approximate surface area is 97.8 Å². The summed E-state index contributed by atoms with van der Waals surface area (Å²) in [5, 5.41) is 19.7. The van der Waals surface area contributed by atoms with Crippen molar-refractivity contribution in [1.82, 2.24) is 5.32 Å². The van der Waals surface area contributed by atoms with E-state index in [9.17, 15) is 9.59 Å². The first-order valence-corrected chi connectivity index (χ1v) is 4.87. The highest BCUT2D eigenvalue weighted by molar-refractivity contribution is 5.94. The van der Waals surface area contributed by atoms with E-state index < -0.39 is 18.0 Å². The molecule has 0 unspecified atom stereocenters. The number of ether oxygens (including phenoxy) is 1. The Hall–Kier alpha value is -2.08. The predicted molar refractivity (Wildman–Crippen MR) is 59.0 cm³/mol. The summed E-state index contributed by atoms with van der Waals surface area (Å²) >= 11 is 0. The number of amides is 1. The fraction of sp³-hybridized carbons (Fsp3) is 0.273. The highest BCUT2D eigenvalue weighted by atomic mass is 16.5. The van der Waals surface area contributed by atoms with E-state index >= 15 is 0 Å². The van der Waals surface area contributed by atoms with Gasteiger partial charge in [-0.1, -0.05) is 0 Å². The molecule has 1 aromatic carbocycles. The third-order valence-corrected chi connectivity index (χ3v) is 2.09. The molecule has 0 saturated carbocycles. The summed E-state index contributed by atoms with van der Waals surface area (Å²) in [6, 6.07) is 6.31. The summed E-state index contributed by atoms with van der Waals surface area (Å²) in [6.45, 7) is -0.333. The van der Waals surface area contributed by atoms with Crippen molar-refractivity contribution in [1.29, 1.82) is 0 Å². The maximum Gasteiger partial charge on any atom is 0.334 e. The number of nitrogens with one attached hydrogen (secondary N) is 1. The normalized spacial score (nSPS) is 11.6. The Balaban J connectivity index is 2.55. The highest BCUT2D eigenvalue weighted by Crippen LogP contribution is 2.10. The lowest BCUT2D eigenvalue weighted by atomic mass is 10.2. The van der Waals surface area contributed by atoms with Crippen LogP contribution < -0.4 is 10.1 Å². The van der Waals surface area contributed by atoms with Gasteiger partial charge in [0.2, 0.25) is 0 Å². The Morgan fingerprint density at radius 2 is 1.94 bits per heavy atom. The first-order valence-electron chi connectivity index (χ1n) is 4.87. The number of aliphatic hydroxyl groups is 1. The molecule has 17 heavy (non-hydrogen) atoms. The average Bonchev–Trinajstić information content (AvgIpc) is 2.35. The summed E-state index contributed by atoms with van der Waals surface area (Å²) in [4.78, 5) is 21.8. The van der Waals surface area contributed by atoms with Gasteiger partial charge < -0.3 is 20.3 Å². The van der Waals surface area contributed by atoms with Gasteiger partial charge in [0.05, 0.1) is 13.7 Å². The summed E-state index contributed by atoms with van der Waals surface area (Å²) in [5.74, 6) is -1.21. The van der Waals surface area contributed by atoms with Crippen LogP contribution in [0.1, 0.15) is 10.4 Å². The van der Waals surface area contributed by atoms with Crippen LogP contribution in [0.3, 0.4) is 0 Å². The van der Waals surface area contributed by atoms with Crippen LogP contribution in [0.15, 0.2) is 24.3 Å². The lowest BCUT2D eigenvalue weighted by Gasteiger charge is -2.08. The minimum absolute atomic E-state index is 0.333. The molecule has 0 aliphatic heterocycles. The van der Waals surface area contributed by atoms with Gasteiger partial charge in [0.15, 0.2) is 6.10 Å². The summed E-state index contributed by atoms with van der Waals surface area (Å²) in [5.41, 5.74) is 0.364. The molecule has 0 saturated heterocycles. The molecule has 0 aromatic heterocycles. The minimum atomic E-state index is -1.60.